The SMILES string of the molecule is O=C(CSc1ccccc1)N1CCCc2cc(S(=O)(=O)N3CCCC3)ccc21. The topological polar surface area (TPSA) is 57.7 Å². The van der Waals surface area contributed by atoms with Gasteiger partial charge in [0.15, 0.2) is 0 Å². The predicted octanol–water partition coefficient (Wildman–Crippen LogP) is 3.54. The lowest BCUT2D eigenvalue weighted by atomic mass is 10.0. The molecule has 1 fully saturated rings. The van der Waals surface area contributed by atoms with E-state index in [1.54, 1.807) is 21.3 Å². The monoisotopic (exact) mass is 416 g/mol. The lowest BCUT2D eigenvalue weighted by molar-refractivity contribution is -0.116. The third kappa shape index (κ3) is 3.97. The Morgan fingerprint density at radius 2 is 1.71 bits per heavy atom. The Bertz CT molecular complexity index is 955. The number of benzene rings is 2. The molecule has 0 unspecified atom stereocenters. The van der Waals surface area contributed by atoms with Gasteiger partial charge in [0, 0.05) is 30.2 Å². The number of anilines is 1. The van der Waals surface area contributed by atoms with Crippen LogP contribution in [0.25, 0.3) is 0 Å². The summed E-state index contributed by atoms with van der Waals surface area (Å²) in [6.45, 7) is 1.88. The van der Waals surface area contributed by atoms with E-state index in [9.17, 15) is 13.2 Å². The smallest absolute Gasteiger partial charge is 0.243 e. The first-order valence-corrected chi connectivity index (χ1v) is 12.1. The van der Waals surface area contributed by atoms with Crippen molar-refractivity contribution in [2.75, 3.05) is 30.3 Å². The number of nitrogens with zero attached hydrogens (tertiary/aromatic N) is 2. The molecule has 2 aromatic carbocycles. The maximum absolute atomic E-state index is 12.8. The van der Waals surface area contributed by atoms with Gasteiger partial charge in [0.2, 0.25) is 15.9 Å². The van der Waals surface area contributed by atoms with E-state index in [0.717, 1.165) is 41.8 Å². The zero-order valence-electron chi connectivity index (χ0n) is 15.7. The Morgan fingerprint density at radius 3 is 2.46 bits per heavy atom. The largest absolute Gasteiger partial charge is 0.311 e. The zero-order valence-corrected chi connectivity index (χ0v) is 17.3. The Kier molecular flexibility index (Phi) is 5.75. The van der Waals surface area contributed by atoms with Crippen LogP contribution in [-0.4, -0.2) is 44.0 Å². The fourth-order valence-corrected chi connectivity index (χ4v) is 6.17. The van der Waals surface area contributed by atoms with E-state index >= 15 is 0 Å². The van der Waals surface area contributed by atoms with Crippen molar-refractivity contribution in [3.05, 3.63) is 54.1 Å². The van der Waals surface area contributed by atoms with Gasteiger partial charge < -0.3 is 4.90 Å². The number of fused-ring (bicyclic) bond motifs is 1. The second-order valence-electron chi connectivity index (χ2n) is 7.15. The van der Waals surface area contributed by atoms with Crippen LogP contribution in [-0.2, 0) is 21.2 Å². The van der Waals surface area contributed by atoms with Crippen LogP contribution in [0.15, 0.2) is 58.3 Å². The molecule has 148 valence electrons. The standard InChI is InChI=1S/C21H24N2O3S2/c24-21(16-27-18-8-2-1-3-9-18)23-14-6-7-17-15-19(10-11-20(17)23)28(25,26)22-12-4-5-13-22/h1-3,8-11,15H,4-7,12-14,16H2. The average molecular weight is 417 g/mol. The molecule has 2 heterocycles. The first kappa shape index (κ1) is 19.5. The molecule has 0 aliphatic carbocycles. The third-order valence-electron chi connectivity index (χ3n) is 5.28. The Balaban J connectivity index is 1.52. The summed E-state index contributed by atoms with van der Waals surface area (Å²) in [6, 6.07) is 15.1. The van der Waals surface area contributed by atoms with Gasteiger partial charge in [-0.25, -0.2) is 8.42 Å². The van der Waals surface area contributed by atoms with E-state index in [-0.39, 0.29) is 5.91 Å². The molecule has 2 aliphatic heterocycles. The van der Waals surface area contributed by atoms with Crippen molar-refractivity contribution in [2.45, 2.75) is 35.5 Å². The van der Waals surface area contributed by atoms with Crippen LogP contribution in [0.5, 0.6) is 0 Å². The number of aryl methyl sites for hydroxylation is 1. The van der Waals surface area contributed by atoms with E-state index in [1.807, 2.05) is 36.4 Å². The highest BCUT2D eigenvalue weighted by atomic mass is 32.2. The summed E-state index contributed by atoms with van der Waals surface area (Å²) in [6.07, 6.45) is 3.49. The molecule has 2 aliphatic rings. The fourth-order valence-electron chi connectivity index (χ4n) is 3.81. The molecule has 2 aromatic rings. The van der Waals surface area contributed by atoms with Crippen LogP contribution in [0.1, 0.15) is 24.8 Å². The minimum atomic E-state index is -3.43. The molecule has 4 rings (SSSR count). The fraction of sp³-hybridized carbons (Fsp3) is 0.381. The molecule has 0 saturated carbocycles. The molecule has 0 bridgehead atoms. The van der Waals surface area contributed by atoms with Gasteiger partial charge in [0.25, 0.3) is 0 Å². The highest BCUT2D eigenvalue weighted by Gasteiger charge is 2.29. The highest BCUT2D eigenvalue weighted by molar-refractivity contribution is 8.00. The second-order valence-corrected chi connectivity index (χ2v) is 10.1. The van der Waals surface area contributed by atoms with Crippen molar-refractivity contribution in [2.24, 2.45) is 0 Å². The van der Waals surface area contributed by atoms with Crippen LogP contribution >= 0.6 is 11.8 Å². The van der Waals surface area contributed by atoms with Crippen LogP contribution in [0.3, 0.4) is 0 Å². The predicted molar refractivity (Wildman–Crippen MR) is 112 cm³/mol. The van der Waals surface area contributed by atoms with Crippen molar-refractivity contribution in [1.82, 2.24) is 4.31 Å². The van der Waals surface area contributed by atoms with E-state index < -0.39 is 10.0 Å². The molecule has 7 heteroatoms. The summed E-state index contributed by atoms with van der Waals surface area (Å²) in [4.78, 5) is 16.0. The van der Waals surface area contributed by atoms with E-state index in [0.29, 0.717) is 30.3 Å². The van der Waals surface area contributed by atoms with E-state index in [2.05, 4.69) is 0 Å². The summed E-state index contributed by atoms with van der Waals surface area (Å²) >= 11 is 1.53. The Labute approximate surface area is 170 Å². The molecule has 0 radical (unpaired) electrons. The highest BCUT2D eigenvalue weighted by Crippen LogP contribution is 2.32. The first-order chi connectivity index (χ1) is 13.6. The minimum Gasteiger partial charge on any atom is -0.311 e. The molecule has 0 N–H and O–H groups in total. The lowest BCUT2D eigenvalue weighted by Gasteiger charge is -2.30. The van der Waals surface area contributed by atoms with Crippen LogP contribution in [0.4, 0.5) is 5.69 Å². The van der Waals surface area contributed by atoms with Crippen molar-refractivity contribution >= 4 is 33.4 Å². The van der Waals surface area contributed by atoms with Crippen molar-refractivity contribution in [1.29, 1.82) is 0 Å². The number of sulfonamides is 1. The minimum absolute atomic E-state index is 0.0601. The van der Waals surface area contributed by atoms with Gasteiger partial charge in [0.1, 0.15) is 0 Å². The van der Waals surface area contributed by atoms with Crippen LogP contribution < -0.4 is 4.90 Å². The first-order valence-electron chi connectivity index (χ1n) is 9.67. The van der Waals surface area contributed by atoms with Crippen molar-refractivity contribution in [3.8, 4) is 0 Å². The number of carbonyl (C=O) groups is 1. The van der Waals surface area contributed by atoms with Crippen LogP contribution in [0, 0.1) is 0 Å². The summed E-state index contributed by atoms with van der Waals surface area (Å²) < 4.78 is 27.2. The summed E-state index contributed by atoms with van der Waals surface area (Å²) in [5.41, 5.74) is 1.80. The third-order valence-corrected chi connectivity index (χ3v) is 8.17. The molecule has 0 atom stereocenters. The van der Waals surface area contributed by atoms with Crippen LogP contribution in [0.2, 0.25) is 0 Å². The normalized spacial score (nSPS) is 17.5. The van der Waals surface area contributed by atoms with Gasteiger partial charge in [-0.1, -0.05) is 18.2 Å². The number of amides is 1. The molecule has 5 nitrogen and oxygen atoms in total. The summed E-state index contributed by atoms with van der Waals surface area (Å²) in [5, 5.41) is 0. The summed E-state index contributed by atoms with van der Waals surface area (Å²) in [7, 11) is -3.43. The van der Waals surface area contributed by atoms with E-state index in [4.69, 9.17) is 0 Å². The lowest BCUT2D eigenvalue weighted by Crippen LogP contribution is -2.37. The maximum atomic E-state index is 12.8. The van der Waals surface area contributed by atoms with Gasteiger partial charge >= 0.3 is 0 Å². The molecule has 1 amide bonds. The number of hydrogen-bond donors (Lipinski definition) is 0. The number of thioether (sulfide) groups is 1. The molecular weight excluding hydrogens is 392 g/mol. The van der Waals surface area contributed by atoms with Gasteiger partial charge in [-0.2, -0.15) is 4.31 Å². The zero-order chi connectivity index (χ0) is 19.6. The van der Waals surface area contributed by atoms with Crippen molar-refractivity contribution in [3.63, 3.8) is 0 Å². The summed E-state index contributed by atoms with van der Waals surface area (Å²) in [5.74, 6) is 0.432. The van der Waals surface area contributed by atoms with Gasteiger partial charge in [-0.15, -0.1) is 11.8 Å². The molecule has 0 aromatic heterocycles. The Hall–Kier alpha value is -1.83. The Morgan fingerprint density at radius 1 is 0.964 bits per heavy atom. The molecule has 1 saturated heterocycles. The number of carbonyl (C=O) groups excluding carboxylic acids is 1. The maximum Gasteiger partial charge on any atom is 0.243 e. The number of hydrogen-bond acceptors (Lipinski definition) is 4. The van der Waals surface area contributed by atoms with Gasteiger partial charge in [-0.3, -0.25) is 4.79 Å². The van der Waals surface area contributed by atoms with Gasteiger partial charge in [-0.05, 0) is 61.6 Å². The molecule has 0 spiro atoms. The molecular formula is C21H24N2O3S2. The van der Waals surface area contributed by atoms with E-state index in [1.165, 1.54) is 11.8 Å². The average Bonchev–Trinajstić information content (AvgIpc) is 3.28. The molecule has 28 heavy (non-hydrogen) atoms. The second kappa shape index (κ2) is 8.27. The van der Waals surface area contributed by atoms with Gasteiger partial charge in [0.05, 0.1) is 10.6 Å². The van der Waals surface area contributed by atoms with Crippen molar-refractivity contribution < 1.29 is 13.2 Å². The quantitative estimate of drug-likeness (QED) is 0.700. The number of rotatable bonds is 5.